The van der Waals surface area contributed by atoms with E-state index in [0.29, 0.717) is 44.1 Å². The highest BCUT2D eigenvalue weighted by Gasteiger charge is 2.29. The van der Waals surface area contributed by atoms with Crippen LogP contribution in [0.5, 0.6) is 17.2 Å². The van der Waals surface area contributed by atoms with E-state index >= 15 is 0 Å². The van der Waals surface area contributed by atoms with Gasteiger partial charge in [0, 0.05) is 19.0 Å². The summed E-state index contributed by atoms with van der Waals surface area (Å²) in [5, 5.41) is 3.05. The minimum absolute atomic E-state index is 0.0427. The van der Waals surface area contributed by atoms with Gasteiger partial charge in [-0.2, -0.15) is 0 Å². The van der Waals surface area contributed by atoms with Crippen molar-refractivity contribution in [3.8, 4) is 17.2 Å². The van der Waals surface area contributed by atoms with Crippen molar-refractivity contribution in [2.75, 3.05) is 20.3 Å². The van der Waals surface area contributed by atoms with E-state index in [0.717, 1.165) is 23.3 Å². The third-order valence-corrected chi connectivity index (χ3v) is 6.11. The molecule has 0 aliphatic heterocycles. The molecule has 36 heavy (non-hydrogen) atoms. The van der Waals surface area contributed by atoms with E-state index in [1.807, 2.05) is 77.1 Å². The quantitative estimate of drug-likeness (QED) is 0.368. The molecule has 0 fully saturated rings. The Hall–Kier alpha value is -3.22. The predicted octanol–water partition coefficient (Wildman–Crippen LogP) is 5.15. The molecule has 0 saturated heterocycles. The van der Waals surface area contributed by atoms with Crippen LogP contribution in [0.2, 0.25) is 0 Å². The maximum atomic E-state index is 13.6. The van der Waals surface area contributed by atoms with Crippen LogP contribution in [0, 0.1) is 0 Å². The number of methoxy groups -OCH3 is 1. The van der Waals surface area contributed by atoms with Gasteiger partial charge in [0.25, 0.3) is 0 Å². The fourth-order valence-corrected chi connectivity index (χ4v) is 3.97. The molecule has 0 aliphatic carbocycles. The number of hydrogen-bond donors (Lipinski definition) is 1. The molecule has 0 heterocycles. The average Bonchev–Trinajstić information content (AvgIpc) is 2.88. The topological polar surface area (TPSA) is 77.1 Å². The van der Waals surface area contributed by atoms with Crippen molar-refractivity contribution in [1.29, 1.82) is 0 Å². The Morgan fingerprint density at radius 2 is 1.64 bits per heavy atom. The summed E-state index contributed by atoms with van der Waals surface area (Å²) in [6, 6.07) is 12.9. The second-order valence-corrected chi connectivity index (χ2v) is 8.76. The maximum Gasteiger partial charge on any atom is 0.243 e. The van der Waals surface area contributed by atoms with E-state index in [1.54, 1.807) is 12.0 Å². The van der Waals surface area contributed by atoms with Crippen LogP contribution in [0.3, 0.4) is 0 Å². The molecule has 0 aromatic heterocycles. The van der Waals surface area contributed by atoms with Crippen LogP contribution in [0.15, 0.2) is 42.5 Å². The summed E-state index contributed by atoms with van der Waals surface area (Å²) in [6.45, 7) is 11.2. The van der Waals surface area contributed by atoms with Crippen molar-refractivity contribution in [3.05, 3.63) is 53.6 Å². The number of amides is 2. The van der Waals surface area contributed by atoms with Crippen molar-refractivity contribution in [2.45, 2.75) is 78.9 Å². The van der Waals surface area contributed by atoms with E-state index in [4.69, 9.17) is 14.2 Å². The van der Waals surface area contributed by atoms with Crippen LogP contribution in [0.25, 0.3) is 0 Å². The smallest absolute Gasteiger partial charge is 0.243 e. The van der Waals surface area contributed by atoms with Crippen molar-refractivity contribution >= 4 is 11.8 Å². The van der Waals surface area contributed by atoms with E-state index in [1.165, 1.54) is 0 Å². The fourth-order valence-electron chi connectivity index (χ4n) is 3.97. The number of aryl methyl sites for hydroxylation is 1. The molecule has 2 unspecified atom stereocenters. The number of benzene rings is 2. The first-order valence-electron chi connectivity index (χ1n) is 13.0. The van der Waals surface area contributed by atoms with Crippen LogP contribution in [-0.2, 0) is 22.6 Å². The second kappa shape index (κ2) is 15.0. The maximum absolute atomic E-state index is 13.6. The van der Waals surface area contributed by atoms with Gasteiger partial charge in [-0.05, 0) is 75.4 Å². The van der Waals surface area contributed by atoms with Gasteiger partial charge in [0.2, 0.25) is 11.8 Å². The summed E-state index contributed by atoms with van der Waals surface area (Å²) in [6.07, 6.45) is 2.15. The molecule has 198 valence electrons. The van der Waals surface area contributed by atoms with E-state index in [9.17, 15) is 9.59 Å². The molecule has 2 aromatic rings. The highest BCUT2D eigenvalue weighted by molar-refractivity contribution is 5.88. The third-order valence-electron chi connectivity index (χ3n) is 6.11. The molecule has 1 N–H and O–H groups in total. The Morgan fingerprint density at radius 3 is 2.28 bits per heavy atom. The summed E-state index contributed by atoms with van der Waals surface area (Å²) in [5.41, 5.74) is 1.89. The Bertz CT molecular complexity index is 978. The number of hydrogen-bond acceptors (Lipinski definition) is 5. The van der Waals surface area contributed by atoms with Crippen LogP contribution in [0.1, 0.15) is 65.0 Å². The van der Waals surface area contributed by atoms with Crippen LogP contribution in [0.4, 0.5) is 0 Å². The molecule has 7 nitrogen and oxygen atoms in total. The standard InChI is InChI=1S/C29H42N2O5/c1-7-21(5)30-29(33)25(8-2)31(20-23-12-11-13-24(18-23)34-6)28(32)17-15-22-14-16-26(35-9-3)27(19-22)36-10-4/h11-14,16,18-19,21,25H,7-10,15,17,20H2,1-6H3,(H,30,33). The molecule has 2 aromatic carbocycles. The summed E-state index contributed by atoms with van der Waals surface area (Å²) in [4.78, 5) is 28.4. The molecule has 2 rings (SSSR count). The zero-order valence-corrected chi connectivity index (χ0v) is 22.6. The van der Waals surface area contributed by atoms with Crippen molar-refractivity contribution < 1.29 is 23.8 Å². The number of nitrogens with zero attached hydrogens (tertiary/aromatic N) is 1. The van der Waals surface area contributed by atoms with Crippen molar-refractivity contribution in [2.24, 2.45) is 0 Å². The number of nitrogens with one attached hydrogen (secondary N) is 1. The number of ether oxygens (including phenoxy) is 3. The van der Waals surface area contributed by atoms with E-state index < -0.39 is 6.04 Å². The molecule has 0 radical (unpaired) electrons. The monoisotopic (exact) mass is 498 g/mol. The molecule has 2 amide bonds. The average molecular weight is 499 g/mol. The Morgan fingerprint density at radius 1 is 0.917 bits per heavy atom. The van der Waals surface area contributed by atoms with E-state index in [-0.39, 0.29) is 24.3 Å². The first-order valence-corrected chi connectivity index (χ1v) is 13.0. The number of carbonyl (C=O) groups excluding carboxylic acids is 2. The summed E-state index contributed by atoms with van der Waals surface area (Å²) >= 11 is 0. The third kappa shape index (κ3) is 8.47. The number of rotatable bonds is 15. The van der Waals surface area contributed by atoms with Crippen LogP contribution in [-0.4, -0.2) is 49.1 Å². The summed E-state index contributed by atoms with van der Waals surface area (Å²) in [7, 11) is 1.61. The minimum Gasteiger partial charge on any atom is -0.497 e. The normalized spacial score (nSPS) is 12.4. The highest BCUT2D eigenvalue weighted by Crippen LogP contribution is 2.29. The van der Waals surface area contributed by atoms with Crippen LogP contribution >= 0.6 is 0 Å². The first kappa shape index (κ1) is 29.0. The van der Waals surface area contributed by atoms with Crippen molar-refractivity contribution in [1.82, 2.24) is 10.2 Å². The second-order valence-electron chi connectivity index (χ2n) is 8.76. The van der Waals surface area contributed by atoms with Gasteiger partial charge in [-0.1, -0.05) is 32.0 Å². The molecule has 0 aliphatic rings. The van der Waals surface area contributed by atoms with Gasteiger partial charge in [0.1, 0.15) is 11.8 Å². The number of carbonyl (C=O) groups is 2. The van der Waals surface area contributed by atoms with E-state index in [2.05, 4.69) is 5.32 Å². The van der Waals surface area contributed by atoms with Gasteiger partial charge in [0.15, 0.2) is 11.5 Å². The van der Waals surface area contributed by atoms with Gasteiger partial charge < -0.3 is 24.4 Å². The highest BCUT2D eigenvalue weighted by atomic mass is 16.5. The SMILES string of the molecule is CCOc1ccc(CCC(=O)N(Cc2cccc(OC)c2)C(CC)C(=O)NC(C)CC)cc1OCC. The zero-order valence-electron chi connectivity index (χ0n) is 22.6. The first-order chi connectivity index (χ1) is 17.4. The predicted molar refractivity (Wildman–Crippen MR) is 143 cm³/mol. The fraction of sp³-hybridized carbons (Fsp3) is 0.517. The summed E-state index contributed by atoms with van der Waals surface area (Å²) in [5.74, 6) is 1.90. The minimum atomic E-state index is -0.558. The zero-order chi connectivity index (χ0) is 26.5. The lowest BCUT2D eigenvalue weighted by molar-refractivity contribution is -0.141. The van der Waals surface area contributed by atoms with Gasteiger partial charge in [-0.3, -0.25) is 9.59 Å². The lowest BCUT2D eigenvalue weighted by atomic mass is 10.0. The molecule has 2 atom stereocenters. The van der Waals surface area contributed by atoms with Gasteiger partial charge >= 0.3 is 0 Å². The Balaban J connectivity index is 2.26. The van der Waals surface area contributed by atoms with Crippen LogP contribution < -0.4 is 19.5 Å². The van der Waals surface area contributed by atoms with Gasteiger partial charge in [-0.15, -0.1) is 0 Å². The molecule has 7 heteroatoms. The molecular weight excluding hydrogens is 456 g/mol. The lowest BCUT2D eigenvalue weighted by Gasteiger charge is -2.31. The molecule has 0 bridgehead atoms. The lowest BCUT2D eigenvalue weighted by Crippen LogP contribution is -2.50. The van der Waals surface area contributed by atoms with Crippen molar-refractivity contribution in [3.63, 3.8) is 0 Å². The largest absolute Gasteiger partial charge is 0.497 e. The Kier molecular flexibility index (Phi) is 12.1. The summed E-state index contributed by atoms with van der Waals surface area (Å²) < 4.78 is 16.7. The molecule has 0 spiro atoms. The van der Waals surface area contributed by atoms with Gasteiger partial charge in [0.05, 0.1) is 20.3 Å². The Labute approximate surface area is 216 Å². The van der Waals surface area contributed by atoms with Gasteiger partial charge in [-0.25, -0.2) is 0 Å². The molecular formula is C29H42N2O5. The molecule has 0 saturated carbocycles.